The van der Waals surface area contributed by atoms with Crippen molar-refractivity contribution in [1.82, 2.24) is 9.78 Å². The van der Waals surface area contributed by atoms with Crippen molar-refractivity contribution in [3.05, 3.63) is 41.1 Å². The molecule has 23 heavy (non-hydrogen) atoms. The van der Waals surface area contributed by atoms with E-state index < -0.39 is 17.9 Å². The molecule has 9 heteroatoms. The van der Waals surface area contributed by atoms with Crippen LogP contribution in [-0.2, 0) is 4.74 Å². The Kier molecular flexibility index (Phi) is 4.30. The number of carboxylic acids is 2. The van der Waals surface area contributed by atoms with Gasteiger partial charge in [0.25, 0.3) is 0 Å². The highest BCUT2D eigenvalue weighted by atomic mass is 16.5. The number of carbonyl (C=O) groups excluding carboxylic acids is 1. The quantitative estimate of drug-likeness (QED) is 0.693. The number of esters is 1. The third kappa shape index (κ3) is 3.12. The molecule has 0 saturated carbocycles. The van der Waals surface area contributed by atoms with Gasteiger partial charge in [0.2, 0.25) is 0 Å². The summed E-state index contributed by atoms with van der Waals surface area (Å²) in [4.78, 5) is 33.9. The third-order valence-electron chi connectivity index (χ3n) is 2.96. The number of carboxylic acid groups (broad SMARTS) is 2. The van der Waals surface area contributed by atoms with Gasteiger partial charge in [-0.3, -0.25) is 0 Å². The van der Waals surface area contributed by atoms with Crippen LogP contribution >= 0.6 is 0 Å². The zero-order chi connectivity index (χ0) is 17.1. The molecule has 0 bridgehead atoms. The number of aromatic carboxylic acids is 2. The van der Waals surface area contributed by atoms with E-state index in [9.17, 15) is 14.4 Å². The number of nitrogens with two attached hydrogens (primary N) is 1. The van der Waals surface area contributed by atoms with E-state index in [2.05, 4.69) is 5.10 Å². The average molecular weight is 319 g/mol. The predicted molar refractivity (Wildman–Crippen MR) is 77.9 cm³/mol. The number of carbonyl (C=O) groups is 3. The number of aromatic nitrogens is 2. The van der Waals surface area contributed by atoms with Gasteiger partial charge in [-0.1, -0.05) is 0 Å². The first kappa shape index (κ1) is 16.0. The van der Waals surface area contributed by atoms with Crippen molar-refractivity contribution in [3.8, 4) is 5.69 Å². The zero-order valence-corrected chi connectivity index (χ0v) is 12.0. The number of hydrogen-bond donors (Lipinski definition) is 3. The molecule has 1 aromatic carbocycles. The second-order valence-electron chi connectivity index (χ2n) is 4.45. The van der Waals surface area contributed by atoms with Gasteiger partial charge in [0, 0.05) is 0 Å². The number of nitrogens with zero attached hydrogens (tertiary/aromatic N) is 2. The van der Waals surface area contributed by atoms with Gasteiger partial charge in [0.05, 0.1) is 29.6 Å². The van der Waals surface area contributed by atoms with E-state index in [1.807, 2.05) is 0 Å². The van der Waals surface area contributed by atoms with Crippen LogP contribution in [0.1, 0.15) is 38.0 Å². The molecule has 0 spiro atoms. The number of hydrogen-bond acceptors (Lipinski definition) is 6. The Bertz CT molecular complexity index is 764. The van der Waals surface area contributed by atoms with E-state index >= 15 is 0 Å². The van der Waals surface area contributed by atoms with Crippen molar-refractivity contribution < 1.29 is 29.3 Å². The van der Waals surface area contributed by atoms with Crippen LogP contribution in [0.3, 0.4) is 0 Å². The number of benzene rings is 1. The van der Waals surface area contributed by atoms with Crippen molar-refractivity contribution in [2.24, 2.45) is 0 Å². The van der Waals surface area contributed by atoms with Crippen molar-refractivity contribution >= 4 is 23.7 Å². The normalized spacial score (nSPS) is 10.3. The van der Waals surface area contributed by atoms with E-state index in [-0.39, 0.29) is 34.8 Å². The Morgan fingerprint density at radius 3 is 2.22 bits per heavy atom. The van der Waals surface area contributed by atoms with Crippen LogP contribution in [0, 0.1) is 0 Å². The Hall–Kier alpha value is -3.36. The van der Waals surface area contributed by atoms with Gasteiger partial charge < -0.3 is 20.7 Å². The van der Waals surface area contributed by atoms with Crippen molar-refractivity contribution in [2.45, 2.75) is 6.92 Å². The smallest absolute Gasteiger partial charge is 0.343 e. The molecule has 0 saturated heterocycles. The van der Waals surface area contributed by atoms with E-state index in [4.69, 9.17) is 20.7 Å². The average Bonchev–Trinajstić information content (AvgIpc) is 2.88. The van der Waals surface area contributed by atoms with E-state index in [0.717, 1.165) is 10.7 Å². The monoisotopic (exact) mass is 319 g/mol. The topological polar surface area (TPSA) is 145 Å². The summed E-state index contributed by atoms with van der Waals surface area (Å²) in [5.41, 5.74) is 5.45. The summed E-state index contributed by atoms with van der Waals surface area (Å²) in [6.45, 7) is 1.79. The summed E-state index contributed by atoms with van der Waals surface area (Å²) in [7, 11) is 0. The summed E-state index contributed by atoms with van der Waals surface area (Å²) >= 11 is 0. The van der Waals surface area contributed by atoms with Crippen LogP contribution in [0.15, 0.2) is 24.4 Å². The van der Waals surface area contributed by atoms with E-state index in [0.29, 0.717) is 0 Å². The first-order valence-corrected chi connectivity index (χ1v) is 6.47. The van der Waals surface area contributed by atoms with Gasteiger partial charge in [-0.15, -0.1) is 0 Å². The minimum Gasteiger partial charge on any atom is -0.478 e. The number of nitrogen functional groups attached to an aromatic ring is 1. The minimum atomic E-state index is -1.30. The molecule has 0 aliphatic heterocycles. The van der Waals surface area contributed by atoms with Gasteiger partial charge in [0.15, 0.2) is 0 Å². The maximum Gasteiger partial charge on any atom is 0.343 e. The van der Waals surface area contributed by atoms with Crippen LogP contribution in [-0.4, -0.2) is 44.5 Å². The fourth-order valence-electron chi connectivity index (χ4n) is 1.91. The molecule has 0 atom stereocenters. The fraction of sp³-hybridized carbons (Fsp3) is 0.143. The zero-order valence-electron chi connectivity index (χ0n) is 12.0. The Morgan fingerprint density at radius 1 is 1.17 bits per heavy atom. The molecule has 0 aliphatic rings. The second kappa shape index (κ2) is 6.18. The summed E-state index contributed by atoms with van der Waals surface area (Å²) in [6.07, 6.45) is 1.17. The molecule has 0 unspecified atom stereocenters. The van der Waals surface area contributed by atoms with Crippen molar-refractivity contribution in [2.75, 3.05) is 12.3 Å². The van der Waals surface area contributed by atoms with Crippen LogP contribution in [0.5, 0.6) is 0 Å². The fourth-order valence-corrected chi connectivity index (χ4v) is 1.91. The molecule has 0 aliphatic carbocycles. The predicted octanol–water partition coefficient (Wildman–Crippen LogP) is 1.03. The van der Waals surface area contributed by atoms with E-state index in [1.54, 1.807) is 6.92 Å². The molecule has 4 N–H and O–H groups in total. The van der Waals surface area contributed by atoms with Crippen LogP contribution in [0.25, 0.3) is 5.69 Å². The molecule has 1 heterocycles. The highest BCUT2D eigenvalue weighted by molar-refractivity contribution is 5.96. The van der Waals surface area contributed by atoms with E-state index in [1.165, 1.54) is 18.3 Å². The highest BCUT2D eigenvalue weighted by Crippen LogP contribution is 2.21. The first-order chi connectivity index (χ1) is 10.8. The lowest BCUT2D eigenvalue weighted by molar-refractivity contribution is 0.0526. The van der Waals surface area contributed by atoms with Gasteiger partial charge in [-0.05, 0) is 25.1 Å². The summed E-state index contributed by atoms with van der Waals surface area (Å²) in [5, 5.41) is 22.0. The molecular formula is C14H13N3O6. The number of rotatable bonds is 5. The van der Waals surface area contributed by atoms with Gasteiger partial charge in [0.1, 0.15) is 11.4 Å². The van der Waals surface area contributed by atoms with Crippen molar-refractivity contribution in [3.63, 3.8) is 0 Å². The Balaban J connectivity index is 2.56. The summed E-state index contributed by atoms with van der Waals surface area (Å²) in [5.74, 6) is -3.36. The molecule has 2 rings (SSSR count). The van der Waals surface area contributed by atoms with Gasteiger partial charge >= 0.3 is 17.9 Å². The largest absolute Gasteiger partial charge is 0.478 e. The Morgan fingerprint density at radius 2 is 1.74 bits per heavy atom. The maximum atomic E-state index is 11.7. The molecule has 0 fully saturated rings. The SMILES string of the molecule is CCOC(=O)c1cnn(-c2cc(C(=O)O)cc(C(=O)O)c2)c1N. The number of anilines is 1. The summed E-state index contributed by atoms with van der Waals surface area (Å²) in [6, 6.07) is 3.42. The molecule has 0 radical (unpaired) electrons. The molecule has 0 amide bonds. The lowest BCUT2D eigenvalue weighted by Gasteiger charge is -2.08. The van der Waals surface area contributed by atoms with Crippen LogP contribution < -0.4 is 5.73 Å². The molecule has 9 nitrogen and oxygen atoms in total. The lowest BCUT2D eigenvalue weighted by atomic mass is 10.1. The minimum absolute atomic E-state index is 0.00412. The maximum absolute atomic E-state index is 11.7. The van der Waals surface area contributed by atoms with Crippen molar-refractivity contribution in [1.29, 1.82) is 0 Å². The molecule has 2 aromatic rings. The lowest BCUT2D eigenvalue weighted by Crippen LogP contribution is -2.10. The Labute approximate surface area is 129 Å². The number of ether oxygens (including phenoxy) is 1. The highest BCUT2D eigenvalue weighted by Gasteiger charge is 2.19. The second-order valence-corrected chi connectivity index (χ2v) is 4.45. The van der Waals surface area contributed by atoms with Gasteiger partial charge in [-0.25, -0.2) is 19.1 Å². The third-order valence-corrected chi connectivity index (χ3v) is 2.96. The van der Waals surface area contributed by atoms with Crippen LogP contribution in [0.4, 0.5) is 5.82 Å². The standard InChI is InChI=1S/C14H13N3O6/c1-2-23-14(22)10-6-16-17(11(10)15)9-4-7(12(18)19)3-8(5-9)13(20)21/h3-6H,2,15H2,1H3,(H,18,19)(H,20,21). The molecular weight excluding hydrogens is 306 g/mol. The van der Waals surface area contributed by atoms with Gasteiger partial charge in [-0.2, -0.15) is 5.10 Å². The molecule has 1 aromatic heterocycles. The van der Waals surface area contributed by atoms with Crippen LogP contribution in [0.2, 0.25) is 0 Å². The first-order valence-electron chi connectivity index (χ1n) is 6.47. The molecule has 120 valence electrons. The summed E-state index contributed by atoms with van der Waals surface area (Å²) < 4.78 is 5.90.